The summed E-state index contributed by atoms with van der Waals surface area (Å²) in [7, 11) is 2.04. The van der Waals surface area contributed by atoms with Gasteiger partial charge in [0.05, 0.1) is 52.2 Å². The first-order chi connectivity index (χ1) is 18.2. The number of hydrogen-bond acceptors (Lipinski definition) is 10. The van der Waals surface area contributed by atoms with E-state index in [-0.39, 0.29) is 29.4 Å². The lowest BCUT2D eigenvalue weighted by molar-refractivity contribution is -0.142. The van der Waals surface area contributed by atoms with Gasteiger partial charge in [-0.2, -0.15) is 4.31 Å². The van der Waals surface area contributed by atoms with Gasteiger partial charge >= 0.3 is 5.97 Å². The van der Waals surface area contributed by atoms with E-state index < -0.39 is 28.5 Å². The van der Waals surface area contributed by atoms with E-state index in [1.54, 1.807) is 12.1 Å². The molecular formula is C25H30N2O10S. The maximum absolute atomic E-state index is 12.9. The van der Waals surface area contributed by atoms with E-state index >= 15 is 0 Å². The van der Waals surface area contributed by atoms with E-state index in [1.807, 2.05) is 0 Å². The molecular weight excluding hydrogens is 520 g/mol. The summed E-state index contributed by atoms with van der Waals surface area (Å²) < 4.78 is 58.4. The highest BCUT2D eigenvalue weighted by Crippen LogP contribution is 2.38. The van der Waals surface area contributed by atoms with Gasteiger partial charge in [0, 0.05) is 25.2 Å². The van der Waals surface area contributed by atoms with Crippen LogP contribution in [0.4, 0.5) is 5.69 Å². The van der Waals surface area contributed by atoms with Crippen LogP contribution in [-0.4, -0.2) is 85.9 Å². The summed E-state index contributed by atoms with van der Waals surface area (Å²) in [5, 5.41) is 2.55. The quantitative estimate of drug-likeness (QED) is 0.326. The highest BCUT2D eigenvalue weighted by molar-refractivity contribution is 7.89. The molecule has 1 amide bonds. The molecule has 3 rings (SSSR count). The molecule has 0 unspecified atom stereocenters. The first-order valence-electron chi connectivity index (χ1n) is 11.4. The minimum Gasteiger partial charge on any atom is -0.495 e. The summed E-state index contributed by atoms with van der Waals surface area (Å²) in [5.41, 5.74) is 0.806. The molecule has 1 aliphatic heterocycles. The lowest BCUT2D eigenvalue weighted by Gasteiger charge is -2.26. The number of morpholine rings is 1. The fraction of sp³-hybridized carbons (Fsp3) is 0.360. The maximum atomic E-state index is 12.9. The molecule has 12 nitrogen and oxygen atoms in total. The Balaban J connectivity index is 1.61. The van der Waals surface area contributed by atoms with E-state index in [9.17, 15) is 18.0 Å². The zero-order valence-electron chi connectivity index (χ0n) is 21.5. The molecule has 13 heteroatoms. The number of nitrogens with zero attached hydrogens (tertiary/aromatic N) is 1. The lowest BCUT2D eigenvalue weighted by atomic mass is 10.1. The summed E-state index contributed by atoms with van der Waals surface area (Å²) in [5.74, 6) is -0.0155. The van der Waals surface area contributed by atoms with Crippen LogP contribution < -0.4 is 24.3 Å². The number of ether oxygens (including phenoxy) is 6. The Hall–Kier alpha value is -3.81. The number of methoxy groups -OCH3 is 4. The largest absolute Gasteiger partial charge is 0.495 e. The molecule has 1 N–H and O–H groups in total. The van der Waals surface area contributed by atoms with Crippen molar-refractivity contribution in [3.05, 3.63) is 42.0 Å². The van der Waals surface area contributed by atoms with E-state index in [1.165, 1.54) is 57.0 Å². The third-order valence-electron chi connectivity index (χ3n) is 5.50. The number of sulfonamides is 1. The summed E-state index contributed by atoms with van der Waals surface area (Å²) in [6.45, 7) is 0.572. The molecule has 38 heavy (non-hydrogen) atoms. The number of rotatable bonds is 11. The standard InChI is InChI=1S/C25H30N2O10S/c1-32-20-15-18(38(30,31)27-9-11-36-12-10-27)6-7-19(20)26-23(28)16-37-24(29)8-5-17-13-21(33-2)25(35-4)22(14-17)34-3/h5-8,13-15H,9-12,16H2,1-4H3,(H,26,28)/b8-5+. The van der Waals surface area contributed by atoms with Crippen molar-refractivity contribution in [3.63, 3.8) is 0 Å². The Morgan fingerprint density at radius 1 is 0.947 bits per heavy atom. The van der Waals surface area contributed by atoms with Gasteiger partial charge in [-0.1, -0.05) is 0 Å². The maximum Gasteiger partial charge on any atom is 0.331 e. The van der Waals surface area contributed by atoms with E-state index in [4.69, 9.17) is 28.4 Å². The van der Waals surface area contributed by atoms with Crippen LogP contribution in [-0.2, 0) is 29.1 Å². The van der Waals surface area contributed by atoms with Crippen molar-refractivity contribution >= 4 is 33.7 Å². The van der Waals surface area contributed by atoms with Gasteiger partial charge in [0.2, 0.25) is 15.8 Å². The van der Waals surface area contributed by atoms with Gasteiger partial charge in [-0.25, -0.2) is 13.2 Å². The molecule has 0 aromatic heterocycles. The SMILES string of the molecule is COc1cc(S(=O)(=O)N2CCOCC2)ccc1NC(=O)COC(=O)/C=C/c1cc(OC)c(OC)c(OC)c1. The van der Waals surface area contributed by atoms with Gasteiger partial charge < -0.3 is 33.7 Å². The normalized spacial score (nSPS) is 14.1. The fourth-order valence-electron chi connectivity index (χ4n) is 3.60. The number of carbonyl (C=O) groups is 2. The van der Waals surface area contributed by atoms with Gasteiger partial charge in [0.15, 0.2) is 18.1 Å². The van der Waals surface area contributed by atoms with Crippen molar-refractivity contribution in [1.29, 1.82) is 0 Å². The van der Waals surface area contributed by atoms with Crippen molar-refractivity contribution in [2.24, 2.45) is 0 Å². The van der Waals surface area contributed by atoms with Gasteiger partial charge in [0.25, 0.3) is 5.91 Å². The molecule has 1 heterocycles. The molecule has 2 aromatic carbocycles. The molecule has 0 aliphatic carbocycles. The monoisotopic (exact) mass is 550 g/mol. The van der Waals surface area contributed by atoms with Gasteiger partial charge in [-0.15, -0.1) is 0 Å². The number of amides is 1. The second-order valence-corrected chi connectivity index (χ2v) is 9.76. The Morgan fingerprint density at radius 2 is 1.58 bits per heavy atom. The second-order valence-electron chi connectivity index (χ2n) is 7.83. The van der Waals surface area contributed by atoms with Gasteiger partial charge in [0.1, 0.15) is 5.75 Å². The molecule has 2 aromatic rings. The molecule has 0 spiro atoms. The number of nitrogens with one attached hydrogen (secondary N) is 1. The summed E-state index contributed by atoms with van der Waals surface area (Å²) in [6.07, 6.45) is 2.63. The van der Waals surface area contributed by atoms with Crippen molar-refractivity contribution in [3.8, 4) is 23.0 Å². The Morgan fingerprint density at radius 3 is 2.16 bits per heavy atom. The predicted octanol–water partition coefficient (Wildman–Crippen LogP) is 1.94. The topological polar surface area (TPSA) is 139 Å². The summed E-state index contributed by atoms with van der Waals surface area (Å²) in [6, 6.07) is 7.40. The smallest absolute Gasteiger partial charge is 0.331 e. The van der Waals surface area contributed by atoms with Crippen molar-refractivity contribution in [1.82, 2.24) is 4.31 Å². The van der Waals surface area contributed by atoms with Crippen LogP contribution in [0.5, 0.6) is 23.0 Å². The molecule has 206 valence electrons. The average molecular weight is 551 g/mol. The lowest BCUT2D eigenvalue weighted by Crippen LogP contribution is -2.40. The first kappa shape index (κ1) is 28.8. The van der Waals surface area contributed by atoms with Crippen LogP contribution in [0.1, 0.15) is 5.56 Å². The van der Waals surface area contributed by atoms with Crippen molar-refractivity contribution in [2.45, 2.75) is 4.90 Å². The third kappa shape index (κ3) is 6.94. The number of benzene rings is 2. The van der Waals surface area contributed by atoms with Crippen LogP contribution in [0, 0.1) is 0 Å². The molecule has 0 atom stereocenters. The van der Waals surface area contributed by atoms with Crippen LogP contribution in [0.2, 0.25) is 0 Å². The Labute approximate surface area is 221 Å². The van der Waals surface area contributed by atoms with Crippen LogP contribution in [0.3, 0.4) is 0 Å². The van der Waals surface area contributed by atoms with E-state index in [2.05, 4.69) is 5.32 Å². The zero-order valence-corrected chi connectivity index (χ0v) is 22.3. The average Bonchev–Trinajstić information content (AvgIpc) is 2.94. The number of carbonyl (C=O) groups excluding carboxylic acids is 2. The molecule has 1 saturated heterocycles. The number of esters is 1. The molecule has 1 fully saturated rings. The zero-order chi connectivity index (χ0) is 27.7. The Kier molecular flexibility index (Phi) is 9.93. The van der Waals surface area contributed by atoms with Crippen molar-refractivity contribution < 1.29 is 46.4 Å². The third-order valence-corrected chi connectivity index (χ3v) is 7.39. The molecule has 1 aliphatic rings. The predicted molar refractivity (Wildman–Crippen MR) is 137 cm³/mol. The summed E-state index contributed by atoms with van der Waals surface area (Å²) in [4.78, 5) is 24.5. The Bertz CT molecular complexity index is 1260. The number of hydrogen-bond donors (Lipinski definition) is 1. The number of anilines is 1. The molecule has 0 saturated carbocycles. The van der Waals surface area contributed by atoms with Crippen molar-refractivity contribution in [2.75, 3.05) is 66.7 Å². The van der Waals surface area contributed by atoms with Crippen LogP contribution in [0.25, 0.3) is 6.08 Å². The van der Waals surface area contributed by atoms with Gasteiger partial charge in [-0.3, -0.25) is 4.79 Å². The highest BCUT2D eigenvalue weighted by Gasteiger charge is 2.27. The first-order valence-corrected chi connectivity index (χ1v) is 12.9. The van der Waals surface area contributed by atoms with Crippen LogP contribution in [0.15, 0.2) is 41.3 Å². The molecule has 0 bridgehead atoms. The van der Waals surface area contributed by atoms with E-state index in [0.717, 1.165) is 6.08 Å². The van der Waals surface area contributed by atoms with E-state index in [0.29, 0.717) is 36.0 Å². The highest BCUT2D eigenvalue weighted by atomic mass is 32.2. The minimum absolute atomic E-state index is 0.0256. The summed E-state index contributed by atoms with van der Waals surface area (Å²) >= 11 is 0. The van der Waals surface area contributed by atoms with Gasteiger partial charge in [-0.05, 0) is 35.9 Å². The molecule has 0 radical (unpaired) electrons. The van der Waals surface area contributed by atoms with Crippen LogP contribution >= 0.6 is 0 Å². The second kappa shape index (κ2) is 13.1. The minimum atomic E-state index is -3.74. The fourth-order valence-corrected chi connectivity index (χ4v) is 5.03.